The fourth-order valence-corrected chi connectivity index (χ4v) is 11.2. The van der Waals surface area contributed by atoms with Gasteiger partial charge in [0, 0.05) is 25.7 Å². The second kappa shape index (κ2) is 57.5. The van der Waals surface area contributed by atoms with E-state index < -0.39 is 97.5 Å². The third kappa shape index (κ3) is 56.6. The third-order valence-electron chi connectivity index (χ3n) is 15.7. The van der Waals surface area contributed by atoms with Crippen LogP contribution in [-0.4, -0.2) is 96.7 Å². The molecule has 17 nitrogen and oxygen atoms in total. The molecule has 498 valence electrons. The maximum absolute atomic E-state index is 13.0. The number of hydrogen-bond acceptors (Lipinski definition) is 15. The Kier molecular flexibility index (Phi) is 56.2. The Morgan fingerprint density at radius 2 is 0.571 bits per heavy atom. The van der Waals surface area contributed by atoms with Gasteiger partial charge >= 0.3 is 39.5 Å². The number of aliphatic hydroxyl groups is 1. The average molecular weight is 1240 g/mol. The third-order valence-corrected chi connectivity index (χ3v) is 17.6. The number of hydrogen-bond donors (Lipinski definition) is 3. The monoisotopic (exact) mass is 1240 g/mol. The smallest absolute Gasteiger partial charge is 0.462 e. The van der Waals surface area contributed by atoms with E-state index in [2.05, 4.69) is 41.5 Å². The molecule has 0 aromatic rings. The van der Waals surface area contributed by atoms with Crippen LogP contribution in [0.4, 0.5) is 0 Å². The number of phosphoric acid groups is 2. The van der Waals surface area contributed by atoms with E-state index in [0.29, 0.717) is 25.7 Å². The van der Waals surface area contributed by atoms with Gasteiger partial charge < -0.3 is 33.8 Å². The summed E-state index contributed by atoms with van der Waals surface area (Å²) in [5.41, 5.74) is 0. The van der Waals surface area contributed by atoms with Gasteiger partial charge in [-0.2, -0.15) is 0 Å². The van der Waals surface area contributed by atoms with Crippen molar-refractivity contribution in [1.82, 2.24) is 0 Å². The molecule has 19 heteroatoms. The molecule has 0 aliphatic heterocycles. The van der Waals surface area contributed by atoms with Crippen molar-refractivity contribution in [2.45, 2.75) is 342 Å². The van der Waals surface area contributed by atoms with Crippen LogP contribution in [0.5, 0.6) is 0 Å². The number of unbranched alkanes of at least 4 members (excludes halogenated alkanes) is 32. The summed E-state index contributed by atoms with van der Waals surface area (Å²) in [6.07, 6.45) is 40.2. The Bertz CT molecular complexity index is 1650. The van der Waals surface area contributed by atoms with Gasteiger partial charge in [-0.25, -0.2) is 9.13 Å². The van der Waals surface area contributed by atoms with E-state index in [9.17, 15) is 43.2 Å². The van der Waals surface area contributed by atoms with Crippen LogP contribution in [-0.2, 0) is 65.4 Å². The van der Waals surface area contributed by atoms with Crippen molar-refractivity contribution in [2.24, 2.45) is 11.8 Å². The van der Waals surface area contributed by atoms with E-state index in [0.717, 1.165) is 115 Å². The summed E-state index contributed by atoms with van der Waals surface area (Å²) in [5.74, 6) is -0.524. The van der Waals surface area contributed by atoms with Crippen LogP contribution in [0.15, 0.2) is 0 Å². The minimum atomic E-state index is -4.95. The molecule has 0 spiro atoms. The first kappa shape index (κ1) is 82.1. The molecular formula is C65H126O17P2. The second-order valence-corrected chi connectivity index (χ2v) is 26.9. The van der Waals surface area contributed by atoms with Crippen LogP contribution in [0.2, 0.25) is 0 Å². The van der Waals surface area contributed by atoms with E-state index in [-0.39, 0.29) is 25.7 Å². The lowest BCUT2D eigenvalue weighted by molar-refractivity contribution is -0.161. The summed E-state index contributed by atoms with van der Waals surface area (Å²) in [7, 11) is -9.88. The summed E-state index contributed by atoms with van der Waals surface area (Å²) in [6.45, 7) is 9.51. The number of aliphatic hydroxyl groups excluding tert-OH is 1. The Balaban J connectivity index is 5.22. The van der Waals surface area contributed by atoms with Crippen LogP contribution < -0.4 is 0 Å². The molecule has 0 radical (unpaired) electrons. The molecule has 4 unspecified atom stereocenters. The quantitative estimate of drug-likeness (QED) is 0.0222. The van der Waals surface area contributed by atoms with Crippen LogP contribution in [0, 0.1) is 11.8 Å². The SMILES string of the molecule is CCCCCCCCCCC(=O)OC[C@H](COP(=O)(O)OC[C@H](O)COP(=O)(O)OC[C@@H](COC(=O)CCCCCCCCCCCCC(C)CC)OC(=O)CCCCCCCCCCCCC(C)CC)OC(=O)CCCCCCCCCC. The van der Waals surface area contributed by atoms with Crippen LogP contribution >= 0.6 is 15.6 Å². The molecule has 0 aromatic heterocycles. The zero-order chi connectivity index (χ0) is 62.2. The number of rotatable bonds is 64. The molecule has 0 fully saturated rings. The van der Waals surface area contributed by atoms with Gasteiger partial charge in [0.05, 0.1) is 26.4 Å². The molecule has 0 saturated heterocycles. The summed E-state index contributed by atoms with van der Waals surface area (Å²) in [5, 5.41) is 10.5. The maximum Gasteiger partial charge on any atom is 0.472 e. The first-order valence-electron chi connectivity index (χ1n) is 34.1. The van der Waals surface area contributed by atoms with Crippen molar-refractivity contribution < 1.29 is 80.2 Å². The minimum Gasteiger partial charge on any atom is -0.462 e. The van der Waals surface area contributed by atoms with Crippen molar-refractivity contribution in [1.29, 1.82) is 0 Å². The van der Waals surface area contributed by atoms with Crippen LogP contribution in [0.25, 0.3) is 0 Å². The molecule has 0 rings (SSSR count). The van der Waals surface area contributed by atoms with Crippen molar-refractivity contribution in [3.8, 4) is 0 Å². The van der Waals surface area contributed by atoms with Gasteiger partial charge in [-0.05, 0) is 37.5 Å². The summed E-state index contributed by atoms with van der Waals surface area (Å²) in [6, 6.07) is 0. The van der Waals surface area contributed by atoms with E-state index in [4.69, 9.17) is 37.0 Å². The van der Waals surface area contributed by atoms with E-state index in [1.807, 2.05) is 0 Å². The predicted molar refractivity (Wildman–Crippen MR) is 335 cm³/mol. The lowest BCUT2D eigenvalue weighted by Crippen LogP contribution is -2.30. The highest BCUT2D eigenvalue weighted by Crippen LogP contribution is 2.45. The first-order chi connectivity index (χ1) is 40.4. The number of phosphoric ester groups is 2. The van der Waals surface area contributed by atoms with E-state index in [1.165, 1.54) is 128 Å². The molecule has 0 aromatic carbocycles. The molecule has 0 bridgehead atoms. The molecule has 0 aliphatic carbocycles. The Morgan fingerprint density at radius 1 is 0.333 bits per heavy atom. The second-order valence-electron chi connectivity index (χ2n) is 24.0. The Morgan fingerprint density at radius 3 is 0.845 bits per heavy atom. The van der Waals surface area contributed by atoms with Gasteiger partial charge in [0.2, 0.25) is 0 Å². The maximum atomic E-state index is 13.0. The van der Waals surface area contributed by atoms with Crippen molar-refractivity contribution in [3.63, 3.8) is 0 Å². The van der Waals surface area contributed by atoms with Gasteiger partial charge in [0.15, 0.2) is 12.2 Å². The molecule has 0 aliphatic rings. The first-order valence-corrected chi connectivity index (χ1v) is 37.1. The van der Waals surface area contributed by atoms with Crippen LogP contribution in [0.3, 0.4) is 0 Å². The molecule has 7 atom stereocenters. The van der Waals surface area contributed by atoms with Gasteiger partial charge in [-0.1, -0.05) is 273 Å². The summed E-state index contributed by atoms with van der Waals surface area (Å²) >= 11 is 0. The minimum absolute atomic E-state index is 0.104. The Labute approximate surface area is 511 Å². The topological polar surface area (TPSA) is 237 Å². The number of carbonyl (C=O) groups is 4. The fourth-order valence-electron chi connectivity index (χ4n) is 9.64. The number of esters is 4. The molecule has 0 amide bonds. The predicted octanol–water partition coefficient (Wildman–Crippen LogP) is 18.0. The highest BCUT2D eigenvalue weighted by molar-refractivity contribution is 7.47. The average Bonchev–Trinajstić information content (AvgIpc) is 3.59. The van der Waals surface area contributed by atoms with Crippen molar-refractivity contribution in [2.75, 3.05) is 39.6 Å². The summed E-state index contributed by atoms with van der Waals surface area (Å²) in [4.78, 5) is 72.1. The van der Waals surface area contributed by atoms with Gasteiger partial charge in [-0.15, -0.1) is 0 Å². The molecule has 0 saturated carbocycles. The molecular weight excluding hydrogens is 1110 g/mol. The number of carbonyl (C=O) groups excluding carboxylic acids is 4. The van der Waals surface area contributed by atoms with Gasteiger partial charge in [0.25, 0.3) is 0 Å². The van der Waals surface area contributed by atoms with Crippen LogP contribution in [0.1, 0.15) is 324 Å². The lowest BCUT2D eigenvalue weighted by atomic mass is 9.99. The van der Waals surface area contributed by atoms with Crippen molar-refractivity contribution >= 4 is 39.5 Å². The molecule has 0 heterocycles. The largest absolute Gasteiger partial charge is 0.472 e. The van der Waals surface area contributed by atoms with E-state index in [1.54, 1.807) is 0 Å². The highest BCUT2D eigenvalue weighted by Gasteiger charge is 2.30. The standard InChI is InChI=1S/C65H126O17P2/c1-7-11-13-15-17-29-35-41-47-62(67)75-53-60(81-64(69)49-43-37-30-18-16-14-12-8-2)55-79-83(71,72)77-51-59(66)52-78-84(73,74)80-56-61(82-65(70)50-44-38-32-26-22-20-24-28-34-40-46-58(6)10-4)54-76-63(68)48-42-36-31-25-21-19-23-27-33-39-45-57(5)9-3/h57-61,66H,7-56H2,1-6H3,(H,71,72)(H,73,74)/t57?,58?,59-,60+,61+/m0/s1. The molecule has 84 heavy (non-hydrogen) atoms. The number of ether oxygens (including phenoxy) is 4. The normalized spacial score (nSPS) is 14.9. The Hall–Kier alpha value is -1.94. The van der Waals surface area contributed by atoms with Crippen molar-refractivity contribution in [3.05, 3.63) is 0 Å². The van der Waals surface area contributed by atoms with E-state index >= 15 is 0 Å². The highest BCUT2D eigenvalue weighted by atomic mass is 31.2. The lowest BCUT2D eigenvalue weighted by Gasteiger charge is -2.21. The molecule has 3 N–H and O–H groups in total. The summed E-state index contributed by atoms with van der Waals surface area (Å²) < 4.78 is 67.9. The fraction of sp³-hybridized carbons (Fsp3) is 0.938. The zero-order valence-electron chi connectivity index (χ0n) is 54.2. The van der Waals surface area contributed by atoms with Gasteiger partial charge in [-0.3, -0.25) is 37.3 Å². The zero-order valence-corrected chi connectivity index (χ0v) is 56.0. The van der Waals surface area contributed by atoms with Gasteiger partial charge in [0.1, 0.15) is 19.3 Å².